The Morgan fingerprint density at radius 1 is 1.54 bits per heavy atom. The molecule has 1 heterocycles. The maximum atomic E-state index is 4.72. The van der Waals surface area contributed by atoms with Crippen LogP contribution in [0.2, 0.25) is 0 Å². The highest BCUT2D eigenvalue weighted by atomic mass is 79.9. The van der Waals surface area contributed by atoms with Crippen molar-refractivity contribution in [2.45, 2.75) is 43.9 Å². The zero-order valence-electron chi connectivity index (χ0n) is 7.85. The Labute approximate surface area is 91.7 Å². The first kappa shape index (κ1) is 9.66. The fraction of sp³-hybridized carbons (Fsp3) is 0.700. The van der Waals surface area contributed by atoms with Gasteiger partial charge in [0.25, 0.3) is 0 Å². The zero-order valence-corrected chi connectivity index (χ0v) is 10.2. The van der Waals surface area contributed by atoms with Gasteiger partial charge in [-0.25, -0.2) is 4.98 Å². The van der Waals surface area contributed by atoms with E-state index < -0.39 is 0 Å². The molecule has 2 rings (SSSR count). The highest BCUT2D eigenvalue weighted by Crippen LogP contribution is 2.43. The van der Waals surface area contributed by atoms with Crippen LogP contribution >= 0.6 is 27.3 Å². The number of rotatable bonds is 4. The van der Waals surface area contributed by atoms with Crippen molar-refractivity contribution in [3.05, 3.63) is 15.6 Å². The number of halogens is 1. The lowest BCUT2D eigenvalue weighted by molar-refractivity contribution is 0.889. The first-order valence-electron chi connectivity index (χ1n) is 4.89. The van der Waals surface area contributed by atoms with Crippen LogP contribution < -0.4 is 0 Å². The Morgan fingerprint density at radius 3 is 2.85 bits per heavy atom. The molecule has 0 aliphatic heterocycles. The minimum atomic E-state index is 0.800. The fourth-order valence-electron chi connectivity index (χ4n) is 1.51. The van der Waals surface area contributed by atoms with Gasteiger partial charge in [0.1, 0.15) is 0 Å². The SMILES string of the molecule is CCCc1nc(C2CC2)c(CBr)s1. The summed E-state index contributed by atoms with van der Waals surface area (Å²) < 4.78 is 0. The van der Waals surface area contributed by atoms with Crippen molar-refractivity contribution in [3.63, 3.8) is 0 Å². The summed E-state index contributed by atoms with van der Waals surface area (Å²) in [6.07, 6.45) is 5.07. The van der Waals surface area contributed by atoms with Crippen molar-refractivity contribution >= 4 is 27.3 Å². The predicted octanol–water partition coefficient (Wildman–Crippen LogP) is 3.87. The lowest BCUT2D eigenvalue weighted by Crippen LogP contribution is -1.86. The number of alkyl halides is 1. The second kappa shape index (κ2) is 4.09. The molecule has 0 atom stereocenters. The van der Waals surface area contributed by atoms with Crippen LogP contribution in [0.4, 0.5) is 0 Å². The number of nitrogens with zero attached hydrogens (tertiary/aromatic N) is 1. The average Bonchev–Trinajstić information content (AvgIpc) is 2.89. The van der Waals surface area contributed by atoms with Gasteiger partial charge in [0.15, 0.2) is 0 Å². The third-order valence-electron chi connectivity index (χ3n) is 2.32. The third kappa shape index (κ3) is 2.13. The molecule has 1 aromatic rings. The lowest BCUT2D eigenvalue weighted by Gasteiger charge is -1.92. The molecule has 1 saturated carbocycles. The van der Waals surface area contributed by atoms with E-state index >= 15 is 0 Å². The minimum Gasteiger partial charge on any atom is -0.246 e. The smallest absolute Gasteiger partial charge is 0.0931 e. The fourth-order valence-corrected chi connectivity index (χ4v) is 3.24. The maximum absolute atomic E-state index is 4.72. The Hall–Kier alpha value is 0.110. The quantitative estimate of drug-likeness (QED) is 0.749. The largest absolute Gasteiger partial charge is 0.246 e. The molecule has 1 aromatic heterocycles. The van der Waals surface area contributed by atoms with Crippen molar-refractivity contribution in [1.29, 1.82) is 0 Å². The number of aryl methyl sites for hydroxylation is 1. The van der Waals surface area contributed by atoms with Crippen LogP contribution in [0.25, 0.3) is 0 Å². The summed E-state index contributed by atoms with van der Waals surface area (Å²) in [5.41, 5.74) is 1.39. The van der Waals surface area contributed by atoms with E-state index in [-0.39, 0.29) is 0 Å². The molecule has 0 aromatic carbocycles. The van der Waals surface area contributed by atoms with Crippen molar-refractivity contribution in [3.8, 4) is 0 Å². The van der Waals surface area contributed by atoms with Crippen molar-refractivity contribution in [2.75, 3.05) is 0 Å². The Balaban J connectivity index is 2.20. The van der Waals surface area contributed by atoms with Crippen LogP contribution in [0.5, 0.6) is 0 Å². The van der Waals surface area contributed by atoms with Gasteiger partial charge in [-0.1, -0.05) is 22.9 Å². The van der Waals surface area contributed by atoms with E-state index in [1.54, 1.807) is 0 Å². The summed E-state index contributed by atoms with van der Waals surface area (Å²) in [5, 5.41) is 2.32. The van der Waals surface area contributed by atoms with E-state index in [1.807, 2.05) is 11.3 Å². The summed E-state index contributed by atoms with van der Waals surface area (Å²) in [6, 6.07) is 0. The second-order valence-corrected chi connectivity index (χ2v) is 5.30. The molecule has 0 N–H and O–H groups in total. The van der Waals surface area contributed by atoms with Crippen molar-refractivity contribution < 1.29 is 0 Å². The molecule has 0 radical (unpaired) electrons. The molecule has 0 bridgehead atoms. The number of hydrogen-bond donors (Lipinski definition) is 0. The van der Waals surface area contributed by atoms with Crippen LogP contribution in [0, 0.1) is 0 Å². The molecule has 1 aliphatic rings. The summed E-state index contributed by atoms with van der Waals surface area (Å²) in [6.45, 7) is 2.21. The van der Waals surface area contributed by atoms with Crippen molar-refractivity contribution in [2.24, 2.45) is 0 Å². The van der Waals surface area contributed by atoms with Crippen LogP contribution in [-0.4, -0.2) is 4.98 Å². The summed E-state index contributed by atoms with van der Waals surface area (Å²) in [5.74, 6) is 0.800. The Morgan fingerprint density at radius 2 is 2.31 bits per heavy atom. The molecule has 0 saturated heterocycles. The van der Waals surface area contributed by atoms with Crippen LogP contribution in [0.1, 0.15) is 47.7 Å². The van der Waals surface area contributed by atoms with Gasteiger partial charge in [0.05, 0.1) is 10.7 Å². The molecule has 0 amide bonds. The average molecular weight is 260 g/mol. The van der Waals surface area contributed by atoms with Gasteiger partial charge in [-0.05, 0) is 25.7 Å². The number of hydrogen-bond acceptors (Lipinski definition) is 2. The maximum Gasteiger partial charge on any atom is 0.0931 e. The lowest BCUT2D eigenvalue weighted by atomic mass is 10.2. The zero-order chi connectivity index (χ0) is 9.26. The van der Waals surface area contributed by atoms with E-state index in [0.29, 0.717) is 0 Å². The van der Waals surface area contributed by atoms with Gasteiger partial charge in [-0.3, -0.25) is 0 Å². The summed E-state index contributed by atoms with van der Waals surface area (Å²) in [4.78, 5) is 6.19. The first-order chi connectivity index (χ1) is 6.35. The minimum absolute atomic E-state index is 0.800. The predicted molar refractivity (Wildman–Crippen MR) is 60.7 cm³/mol. The topological polar surface area (TPSA) is 12.9 Å². The molecule has 1 nitrogen and oxygen atoms in total. The summed E-state index contributed by atoms with van der Waals surface area (Å²) in [7, 11) is 0. The van der Waals surface area contributed by atoms with Gasteiger partial charge in [-0.15, -0.1) is 11.3 Å². The van der Waals surface area contributed by atoms with E-state index in [1.165, 1.54) is 34.8 Å². The number of aromatic nitrogens is 1. The highest BCUT2D eigenvalue weighted by Gasteiger charge is 2.28. The van der Waals surface area contributed by atoms with Gasteiger partial charge in [-0.2, -0.15) is 0 Å². The Bertz CT molecular complexity index is 291. The third-order valence-corrected chi connectivity index (χ3v) is 4.38. The van der Waals surface area contributed by atoms with Gasteiger partial charge < -0.3 is 0 Å². The van der Waals surface area contributed by atoms with Gasteiger partial charge in [0, 0.05) is 16.1 Å². The molecular formula is C10H14BrNS. The normalized spacial score (nSPS) is 16.5. The highest BCUT2D eigenvalue weighted by molar-refractivity contribution is 9.08. The van der Waals surface area contributed by atoms with E-state index in [4.69, 9.17) is 4.98 Å². The molecule has 0 spiro atoms. The molecule has 13 heavy (non-hydrogen) atoms. The van der Waals surface area contributed by atoms with Crippen LogP contribution in [0.15, 0.2) is 0 Å². The molecule has 72 valence electrons. The van der Waals surface area contributed by atoms with Gasteiger partial charge in [0.2, 0.25) is 0 Å². The number of thiazole rings is 1. The van der Waals surface area contributed by atoms with E-state index in [2.05, 4.69) is 22.9 Å². The first-order valence-corrected chi connectivity index (χ1v) is 6.83. The summed E-state index contributed by atoms with van der Waals surface area (Å²) >= 11 is 5.43. The molecule has 3 heteroatoms. The van der Waals surface area contributed by atoms with E-state index in [0.717, 1.165) is 17.7 Å². The van der Waals surface area contributed by atoms with Gasteiger partial charge >= 0.3 is 0 Å². The molecule has 1 fully saturated rings. The Kier molecular flexibility index (Phi) is 3.04. The van der Waals surface area contributed by atoms with Crippen LogP contribution in [-0.2, 0) is 11.8 Å². The van der Waals surface area contributed by atoms with Crippen molar-refractivity contribution in [1.82, 2.24) is 4.98 Å². The standard InChI is InChI=1S/C10H14BrNS/c1-2-3-9-12-10(7-4-5-7)8(6-11)13-9/h7H,2-6H2,1H3. The van der Waals surface area contributed by atoms with Crippen LogP contribution in [0.3, 0.4) is 0 Å². The second-order valence-electron chi connectivity index (χ2n) is 3.57. The monoisotopic (exact) mass is 259 g/mol. The van der Waals surface area contributed by atoms with E-state index in [9.17, 15) is 0 Å². The molecular weight excluding hydrogens is 246 g/mol. The molecule has 1 aliphatic carbocycles. The molecule has 0 unspecified atom stereocenters.